The number of nitrogens with zero attached hydrogens (tertiary/aromatic N) is 1. The van der Waals surface area contributed by atoms with Crippen LogP contribution in [0.3, 0.4) is 0 Å². The zero-order chi connectivity index (χ0) is 12.4. The predicted molar refractivity (Wildman–Crippen MR) is 67.1 cm³/mol. The molecule has 4 heteroatoms. The van der Waals surface area contributed by atoms with Gasteiger partial charge in [-0.2, -0.15) is 0 Å². The minimum Gasteiger partial charge on any atom is -0.384 e. The lowest BCUT2D eigenvalue weighted by Crippen LogP contribution is -2.01. The SMILES string of the molecule is Cc1cc(Br)cc(C(O)c2cncc(F)c2)c1. The molecular weight excluding hydrogens is 285 g/mol. The van der Waals surface area contributed by atoms with E-state index in [1.165, 1.54) is 12.3 Å². The van der Waals surface area contributed by atoms with Crippen LogP contribution in [0, 0.1) is 12.7 Å². The monoisotopic (exact) mass is 295 g/mol. The summed E-state index contributed by atoms with van der Waals surface area (Å²) in [5.74, 6) is -0.451. The Hall–Kier alpha value is -1.26. The van der Waals surface area contributed by atoms with Gasteiger partial charge in [0.15, 0.2) is 0 Å². The number of aryl methyl sites for hydroxylation is 1. The molecule has 1 aromatic heterocycles. The van der Waals surface area contributed by atoms with Crippen molar-refractivity contribution in [2.24, 2.45) is 0 Å². The molecule has 2 aromatic rings. The third-order valence-electron chi connectivity index (χ3n) is 2.42. The molecule has 88 valence electrons. The average Bonchev–Trinajstić information content (AvgIpc) is 2.26. The molecule has 1 heterocycles. The van der Waals surface area contributed by atoms with Crippen LogP contribution < -0.4 is 0 Å². The lowest BCUT2D eigenvalue weighted by Gasteiger charge is -2.12. The summed E-state index contributed by atoms with van der Waals surface area (Å²) < 4.78 is 13.9. The van der Waals surface area contributed by atoms with Crippen LogP contribution in [0.15, 0.2) is 41.1 Å². The molecular formula is C13H11BrFNO. The fourth-order valence-corrected chi connectivity index (χ4v) is 2.32. The number of pyridine rings is 1. The van der Waals surface area contributed by atoms with Crippen molar-refractivity contribution in [3.8, 4) is 0 Å². The van der Waals surface area contributed by atoms with Gasteiger partial charge in [-0.05, 0) is 36.2 Å². The highest BCUT2D eigenvalue weighted by atomic mass is 79.9. The zero-order valence-corrected chi connectivity index (χ0v) is 10.8. The van der Waals surface area contributed by atoms with E-state index in [0.29, 0.717) is 11.1 Å². The summed E-state index contributed by atoms with van der Waals surface area (Å²) in [6.07, 6.45) is 1.71. The Bertz CT molecular complexity index is 524. The van der Waals surface area contributed by atoms with Gasteiger partial charge in [-0.15, -0.1) is 0 Å². The van der Waals surface area contributed by atoms with E-state index in [-0.39, 0.29) is 0 Å². The van der Waals surface area contributed by atoms with Crippen LogP contribution in [0.5, 0.6) is 0 Å². The quantitative estimate of drug-likeness (QED) is 0.921. The molecule has 17 heavy (non-hydrogen) atoms. The second-order valence-corrected chi connectivity index (χ2v) is 4.82. The summed E-state index contributed by atoms with van der Waals surface area (Å²) in [7, 11) is 0. The van der Waals surface area contributed by atoms with Crippen LogP contribution in [0.2, 0.25) is 0 Å². The lowest BCUT2D eigenvalue weighted by molar-refractivity contribution is 0.219. The van der Waals surface area contributed by atoms with Crippen LogP contribution in [0.25, 0.3) is 0 Å². The van der Waals surface area contributed by atoms with Crippen molar-refractivity contribution in [2.45, 2.75) is 13.0 Å². The van der Waals surface area contributed by atoms with Gasteiger partial charge in [0.2, 0.25) is 0 Å². The zero-order valence-electron chi connectivity index (χ0n) is 9.19. The molecule has 0 fully saturated rings. The average molecular weight is 296 g/mol. The molecule has 1 unspecified atom stereocenters. The molecule has 0 saturated carbocycles. The molecule has 1 atom stereocenters. The first-order chi connectivity index (χ1) is 8.06. The summed E-state index contributed by atoms with van der Waals surface area (Å²) in [4.78, 5) is 3.73. The van der Waals surface area contributed by atoms with E-state index in [1.54, 1.807) is 0 Å². The minimum absolute atomic E-state index is 0.447. The van der Waals surface area contributed by atoms with Gasteiger partial charge in [-0.25, -0.2) is 4.39 Å². The number of aromatic nitrogens is 1. The smallest absolute Gasteiger partial charge is 0.141 e. The van der Waals surface area contributed by atoms with E-state index < -0.39 is 11.9 Å². The van der Waals surface area contributed by atoms with E-state index in [4.69, 9.17) is 0 Å². The number of halogens is 2. The Morgan fingerprint density at radius 1 is 1.18 bits per heavy atom. The van der Waals surface area contributed by atoms with Gasteiger partial charge in [0, 0.05) is 16.2 Å². The first kappa shape index (κ1) is 12.2. The van der Waals surface area contributed by atoms with Crippen molar-refractivity contribution in [3.63, 3.8) is 0 Å². The number of hydrogen-bond acceptors (Lipinski definition) is 2. The van der Waals surface area contributed by atoms with E-state index in [0.717, 1.165) is 16.2 Å². The van der Waals surface area contributed by atoms with E-state index >= 15 is 0 Å². The number of aliphatic hydroxyl groups is 1. The fraction of sp³-hybridized carbons (Fsp3) is 0.154. The largest absolute Gasteiger partial charge is 0.384 e. The van der Waals surface area contributed by atoms with Crippen LogP contribution in [0.1, 0.15) is 22.8 Å². The summed E-state index contributed by atoms with van der Waals surface area (Å²) in [6, 6.07) is 6.90. The van der Waals surface area contributed by atoms with Crippen molar-refractivity contribution < 1.29 is 9.50 Å². The number of benzene rings is 1. The van der Waals surface area contributed by atoms with E-state index in [9.17, 15) is 9.50 Å². The molecule has 0 saturated heterocycles. The van der Waals surface area contributed by atoms with Crippen LogP contribution in [0.4, 0.5) is 4.39 Å². The van der Waals surface area contributed by atoms with E-state index in [1.807, 2.05) is 25.1 Å². The summed E-state index contributed by atoms with van der Waals surface area (Å²) in [5, 5.41) is 10.1. The van der Waals surface area contributed by atoms with Gasteiger partial charge in [0.1, 0.15) is 11.9 Å². The molecule has 0 bridgehead atoms. The second-order valence-electron chi connectivity index (χ2n) is 3.90. The molecule has 0 aliphatic heterocycles. The summed E-state index contributed by atoms with van der Waals surface area (Å²) in [6.45, 7) is 1.94. The highest BCUT2D eigenvalue weighted by molar-refractivity contribution is 9.10. The van der Waals surface area contributed by atoms with Crippen LogP contribution in [-0.4, -0.2) is 10.1 Å². The summed E-state index contributed by atoms with van der Waals surface area (Å²) >= 11 is 3.37. The third-order valence-corrected chi connectivity index (χ3v) is 2.88. The Kier molecular flexibility index (Phi) is 3.54. The third kappa shape index (κ3) is 2.90. The van der Waals surface area contributed by atoms with Crippen molar-refractivity contribution in [2.75, 3.05) is 0 Å². The van der Waals surface area contributed by atoms with Crippen LogP contribution in [-0.2, 0) is 0 Å². The molecule has 0 aliphatic rings. The second kappa shape index (κ2) is 4.94. The van der Waals surface area contributed by atoms with Gasteiger partial charge in [-0.1, -0.05) is 22.0 Å². The van der Waals surface area contributed by atoms with Gasteiger partial charge in [0.05, 0.1) is 6.20 Å². The van der Waals surface area contributed by atoms with Gasteiger partial charge >= 0.3 is 0 Å². The van der Waals surface area contributed by atoms with Crippen molar-refractivity contribution >= 4 is 15.9 Å². The van der Waals surface area contributed by atoms with Crippen molar-refractivity contribution in [1.82, 2.24) is 4.98 Å². The Morgan fingerprint density at radius 3 is 2.59 bits per heavy atom. The van der Waals surface area contributed by atoms with Gasteiger partial charge in [0.25, 0.3) is 0 Å². The van der Waals surface area contributed by atoms with E-state index in [2.05, 4.69) is 20.9 Å². The molecule has 2 nitrogen and oxygen atoms in total. The van der Waals surface area contributed by atoms with Gasteiger partial charge < -0.3 is 5.11 Å². The first-order valence-electron chi connectivity index (χ1n) is 5.12. The number of hydrogen-bond donors (Lipinski definition) is 1. The van der Waals surface area contributed by atoms with Gasteiger partial charge in [-0.3, -0.25) is 4.98 Å². The number of aliphatic hydroxyl groups excluding tert-OH is 1. The molecule has 2 rings (SSSR count). The van der Waals surface area contributed by atoms with Crippen molar-refractivity contribution in [1.29, 1.82) is 0 Å². The highest BCUT2D eigenvalue weighted by Crippen LogP contribution is 2.25. The molecule has 0 spiro atoms. The maximum Gasteiger partial charge on any atom is 0.141 e. The molecule has 0 amide bonds. The predicted octanol–water partition coefficient (Wildman–Crippen LogP) is 3.37. The Morgan fingerprint density at radius 2 is 1.94 bits per heavy atom. The van der Waals surface area contributed by atoms with Crippen molar-refractivity contribution in [3.05, 3.63) is 63.6 Å². The first-order valence-corrected chi connectivity index (χ1v) is 5.91. The highest BCUT2D eigenvalue weighted by Gasteiger charge is 2.12. The standard InChI is InChI=1S/C13H11BrFNO/c1-8-2-9(4-11(14)3-8)13(17)10-5-12(15)7-16-6-10/h2-7,13,17H,1H3. The number of rotatable bonds is 2. The van der Waals surface area contributed by atoms with Crippen LogP contribution >= 0.6 is 15.9 Å². The molecule has 0 radical (unpaired) electrons. The fourth-order valence-electron chi connectivity index (χ4n) is 1.69. The maximum absolute atomic E-state index is 13.0. The molecule has 1 N–H and O–H groups in total. The topological polar surface area (TPSA) is 33.1 Å². The molecule has 0 aliphatic carbocycles. The normalized spacial score (nSPS) is 12.5. The Balaban J connectivity index is 2.39. The molecule has 1 aromatic carbocycles. The Labute approximate surface area is 107 Å². The lowest BCUT2D eigenvalue weighted by atomic mass is 10.0. The minimum atomic E-state index is -0.866. The summed E-state index contributed by atoms with van der Waals surface area (Å²) in [5.41, 5.74) is 2.18. The maximum atomic E-state index is 13.0.